The summed E-state index contributed by atoms with van der Waals surface area (Å²) in [5, 5.41) is 27.0. The van der Waals surface area contributed by atoms with E-state index in [1.165, 1.54) is 154 Å². The number of rotatable bonds is 22. The van der Waals surface area contributed by atoms with Crippen molar-refractivity contribution in [2.75, 3.05) is 13.1 Å². The number of hydrogen-bond acceptors (Lipinski definition) is 5. The van der Waals surface area contributed by atoms with Crippen LogP contribution >= 0.6 is 0 Å². The van der Waals surface area contributed by atoms with E-state index in [2.05, 4.69) is 35.5 Å². The van der Waals surface area contributed by atoms with Crippen molar-refractivity contribution in [1.82, 2.24) is 15.5 Å². The minimum Gasteiger partial charge on any atom is -0.392 e. The lowest BCUT2D eigenvalue weighted by Gasteiger charge is -2.32. The van der Waals surface area contributed by atoms with E-state index < -0.39 is 0 Å². The zero-order valence-electron chi connectivity index (χ0n) is 29.7. The summed E-state index contributed by atoms with van der Waals surface area (Å²) in [6.07, 6.45) is 36.7. The van der Waals surface area contributed by atoms with Crippen molar-refractivity contribution in [2.24, 2.45) is 0 Å². The second-order valence-electron chi connectivity index (χ2n) is 15.6. The second kappa shape index (κ2) is 21.2. The summed E-state index contributed by atoms with van der Waals surface area (Å²) in [5.74, 6) is 0. The molecular weight excluding hydrogens is 554 g/mol. The summed E-state index contributed by atoms with van der Waals surface area (Å²) in [7, 11) is 0. The third-order valence-electron chi connectivity index (χ3n) is 11.7. The molecule has 3 fully saturated rings. The molecular formula is C40H73N3O2. The molecule has 0 unspecified atom stereocenters. The lowest BCUT2D eigenvalue weighted by molar-refractivity contribution is 0.0848. The van der Waals surface area contributed by atoms with Crippen LogP contribution in [0.3, 0.4) is 0 Å². The third-order valence-corrected chi connectivity index (χ3v) is 11.7. The second-order valence-corrected chi connectivity index (χ2v) is 15.6. The van der Waals surface area contributed by atoms with Crippen molar-refractivity contribution in [2.45, 2.75) is 217 Å². The van der Waals surface area contributed by atoms with Crippen LogP contribution in [0.2, 0.25) is 0 Å². The first-order chi connectivity index (χ1) is 22.0. The molecule has 3 saturated heterocycles. The first-order valence-corrected chi connectivity index (χ1v) is 20.0. The first-order valence-electron chi connectivity index (χ1n) is 20.0. The van der Waals surface area contributed by atoms with Crippen LogP contribution in [0.15, 0.2) is 22.9 Å². The smallest absolute Gasteiger partial charge is 0.0691 e. The number of unbranched alkanes of at least 4 members (excludes halogenated alkanes) is 14. The Kier molecular flexibility index (Phi) is 17.4. The molecule has 6 atom stereocenters. The fraction of sp³-hybridized carbons (Fsp3) is 0.900. The van der Waals surface area contributed by atoms with Crippen LogP contribution < -0.4 is 10.6 Å². The molecule has 0 amide bonds. The number of hydrogen-bond donors (Lipinski definition) is 4. The highest BCUT2D eigenvalue weighted by Gasteiger charge is 2.26. The highest BCUT2D eigenvalue weighted by molar-refractivity contribution is 5.35. The predicted octanol–water partition coefficient (Wildman–Crippen LogP) is 9.08. The molecule has 0 radical (unpaired) electrons. The van der Waals surface area contributed by atoms with Gasteiger partial charge in [0.15, 0.2) is 0 Å². The average Bonchev–Trinajstić information content (AvgIpc) is 3.51. The predicted molar refractivity (Wildman–Crippen MR) is 192 cm³/mol. The van der Waals surface area contributed by atoms with Crippen molar-refractivity contribution in [1.29, 1.82) is 0 Å². The van der Waals surface area contributed by atoms with Crippen molar-refractivity contribution in [3.05, 3.63) is 22.9 Å². The van der Waals surface area contributed by atoms with Gasteiger partial charge in [-0.1, -0.05) is 102 Å². The van der Waals surface area contributed by atoms with Crippen molar-refractivity contribution in [3.63, 3.8) is 0 Å². The molecule has 0 aliphatic carbocycles. The van der Waals surface area contributed by atoms with Gasteiger partial charge in [0, 0.05) is 43.0 Å². The zero-order valence-corrected chi connectivity index (χ0v) is 29.7. The number of aliphatic hydroxyl groups is 2. The van der Waals surface area contributed by atoms with Crippen LogP contribution in [-0.2, 0) is 0 Å². The fourth-order valence-electron chi connectivity index (χ4n) is 8.66. The number of allylic oxidation sites excluding steroid dienone is 3. The van der Waals surface area contributed by atoms with Gasteiger partial charge in [0.2, 0.25) is 0 Å². The lowest BCUT2D eigenvalue weighted by atomic mass is 9.93. The molecule has 0 aromatic rings. The summed E-state index contributed by atoms with van der Waals surface area (Å²) >= 11 is 0. The van der Waals surface area contributed by atoms with Crippen LogP contribution in [0.1, 0.15) is 181 Å². The molecule has 260 valence electrons. The first kappa shape index (κ1) is 36.9. The van der Waals surface area contributed by atoms with Crippen LogP contribution in [0, 0.1) is 0 Å². The van der Waals surface area contributed by atoms with Gasteiger partial charge in [0.25, 0.3) is 0 Å². The van der Waals surface area contributed by atoms with E-state index in [1.807, 2.05) is 0 Å². The number of aliphatic hydroxyl groups excluding tert-OH is 2. The molecule has 4 heterocycles. The Hall–Kier alpha value is -0.880. The van der Waals surface area contributed by atoms with Gasteiger partial charge < -0.3 is 25.7 Å². The molecule has 4 rings (SSSR count). The maximum absolute atomic E-state index is 9.89. The monoisotopic (exact) mass is 628 g/mol. The summed E-state index contributed by atoms with van der Waals surface area (Å²) in [5.41, 5.74) is 5.10. The molecule has 4 N–H and O–H groups in total. The minimum atomic E-state index is -0.144. The quantitative estimate of drug-likeness (QED) is 0.0902. The van der Waals surface area contributed by atoms with Crippen molar-refractivity contribution in [3.8, 4) is 0 Å². The summed E-state index contributed by atoms with van der Waals surface area (Å²) < 4.78 is 0. The van der Waals surface area contributed by atoms with Gasteiger partial charge in [0.1, 0.15) is 0 Å². The number of nitrogens with one attached hydrogen (secondary N) is 2. The molecule has 5 nitrogen and oxygen atoms in total. The van der Waals surface area contributed by atoms with E-state index in [-0.39, 0.29) is 24.3 Å². The van der Waals surface area contributed by atoms with Gasteiger partial charge in [-0.3, -0.25) is 0 Å². The van der Waals surface area contributed by atoms with Gasteiger partial charge in [-0.2, -0.15) is 0 Å². The van der Waals surface area contributed by atoms with Gasteiger partial charge in [-0.05, 0) is 96.5 Å². The molecule has 0 spiro atoms. The lowest BCUT2D eigenvalue weighted by Crippen LogP contribution is -2.48. The molecule has 5 heteroatoms. The average molecular weight is 628 g/mol. The summed E-state index contributed by atoms with van der Waals surface area (Å²) in [6.45, 7) is 6.74. The normalized spacial score (nSPS) is 28.9. The zero-order chi connectivity index (χ0) is 31.7. The maximum atomic E-state index is 9.89. The Labute approximate surface area is 278 Å². The molecule has 4 aliphatic rings. The molecule has 0 aromatic heterocycles. The fourth-order valence-corrected chi connectivity index (χ4v) is 8.66. The van der Waals surface area contributed by atoms with Gasteiger partial charge in [-0.25, -0.2) is 0 Å². The van der Waals surface area contributed by atoms with E-state index in [9.17, 15) is 10.2 Å². The Morgan fingerprint density at radius 2 is 1.09 bits per heavy atom. The van der Waals surface area contributed by atoms with Crippen LogP contribution in [0.5, 0.6) is 0 Å². The largest absolute Gasteiger partial charge is 0.392 e. The third kappa shape index (κ3) is 13.6. The van der Waals surface area contributed by atoms with Crippen molar-refractivity contribution >= 4 is 0 Å². The SMILES string of the molecule is C[C@@H]1N[C@H](CCCCCCCCCCC2=CC(CCCCCCCCCC[C@@H]3CC[C@H](O)[C@@H](C)N3)=C3CCCN3C2)CC[C@H]1O. The van der Waals surface area contributed by atoms with Crippen LogP contribution in [0.4, 0.5) is 0 Å². The Bertz CT molecular complexity index is 872. The number of piperidine rings is 2. The minimum absolute atomic E-state index is 0.144. The number of fused-ring (bicyclic) bond motifs is 1. The van der Waals surface area contributed by atoms with E-state index in [1.54, 1.807) is 16.8 Å². The topological polar surface area (TPSA) is 67.8 Å². The highest BCUT2D eigenvalue weighted by atomic mass is 16.3. The van der Waals surface area contributed by atoms with Crippen LogP contribution in [0.25, 0.3) is 0 Å². The maximum Gasteiger partial charge on any atom is 0.0691 e. The van der Waals surface area contributed by atoms with Gasteiger partial charge in [0.05, 0.1) is 12.2 Å². The standard InChI is InChI=1S/C40H73N3O2/c1-32-39(44)27-25-36(41-32)22-17-13-9-5-3-7-11-15-20-34-30-35(38-24-19-29-43(38)31-34)21-16-12-8-4-6-10-14-18-23-37-26-28-40(45)33(2)42-37/h30,32-33,36-37,39-42,44-45H,3-29,31H2,1-2H3/t32-,33+,36+,37+,39+,40-/m0/s1. The Morgan fingerprint density at radius 1 is 0.622 bits per heavy atom. The molecule has 4 aliphatic heterocycles. The Morgan fingerprint density at radius 3 is 1.60 bits per heavy atom. The molecule has 0 saturated carbocycles. The summed E-state index contributed by atoms with van der Waals surface area (Å²) in [4.78, 5) is 2.72. The Balaban J connectivity index is 0.971. The highest BCUT2D eigenvalue weighted by Crippen LogP contribution is 2.34. The molecule has 45 heavy (non-hydrogen) atoms. The van der Waals surface area contributed by atoms with Gasteiger partial charge >= 0.3 is 0 Å². The van der Waals surface area contributed by atoms with Gasteiger partial charge in [-0.15, -0.1) is 0 Å². The number of nitrogens with zero attached hydrogens (tertiary/aromatic N) is 1. The van der Waals surface area contributed by atoms with Crippen molar-refractivity contribution < 1.29 is 10.2 Å². The van der Waals surface area contributed by atoms with E-state index in [0.717, 1.165) is 25.7 Å². The summed E-state index contributed by atoms with van der Waals surface area (Å²) in [6, 6.07) is 1.80. The van der Waals surface area contributed by atoms with E-state index in [0.29, 0.717) is 12.1 Å². The van der Waals surface area contributed by atoms with Crippen LogP contribution in [-0.4, -0.2) is 64.6 Å². The van der Waals surface area contributed by atoms with E-state index >= 15 is 0 Å². The molecule has 0 aromatic carbocycles. The molecule has 0 bridgehead atoms. The van der Waals surface area contributed by atoms with E-state index in [4.69, 9.17) is 0 Å².